The van der Waals surface area contributed by atoms with E-state index < -0.39 is 11.7 Å². The molecule has 2 fully saturated rings. The summed E-state index contributed by atoms with van der Waals surface area (Å²) in [6.45, 7) is 6.58. The van der Waals surface area contributed by atoms with E-state index in [-0.39, 0.29) is 5.92 Å². The zero-order chi connectivity index (χ0) is 18.0. The van der Waals surface area contributed by atoms with Gasteiger partial charge in [0, 0.05) is 18.1 Å². The third-order valence-corrected chi connectivity index (χ3v) is 5.66. The topological polar surface area (TPSA) is 15.3 Å². The summed E-state index contributed by atoms with van der Waals surface area (Å²) in [7, 11) is 0. The summed E-state index contributed by atoms with van der Waals surface area (Å²) in [5.41, 5.74) is 0.326. The Hall–Kier alpha value is -1.07. The Morgan fingerprint density at radius 1 is 1.12 bits per heavy atom. The lowest BCUT2D eigenvalue weighted by Gasteiger charge is -2.42. The third-order valence-electron chi connectivity index (χ3n) is 5.66. The molecule has 1 saturated carbocycles. The summed E-state index contributed by atoms with van der Waals surface area (Å²) in [5, 5.41) is 3.69. The molecular weight excluding hydrogens is 325 g/mol. The van der Waals surface area contributed by atoms with Crippen molar-refractivity contribution in [2.45, 2.75) is 76.2 Å². The fourth-order valence-electron chi connectivity index (χ4n) is 4.52. The van der Waals surface area contributed by atoms with E-state index in [9.17, 15) is 13.2 Å². The molecule has 5 heteroatoms. The number of hydrogen-bond acceptors (Lipinski definition) is 2. The normalized spacial score (nSPS) is 28.6. The van der Waals surface area contributed by atoms with Crippen molar-refractivity contribution in [1.29, 1.82) is 0 Å². The van der Waals surface area contributed by atoms with Gasteiger partial charge in [-0.05, 0) is 62.7 Å². The van der Waals surface area contributed by atoms with Gasteiger partial charge < -0.3 is 5.32 Å². The minimum atomic E-state index is -4.26. The van der Waals surface area contributed by atoms with Crippen LogP contribution in [0.1, 0.15) is 63.0 Å². The van der Waals surface area contributed by atoms with Gasteiger partial charge in [0.15, 0.2) is 0 Å². The van der Waals surface area contributed by atoms with Gasteiger partial charge in [-0.3, -0.25) is 4.90 Å². The molecule has 1 aliphatic carbocycles. The molecule has 0 radical (unpaired) electrons. The quantitative estimate of drug-likeness (QED) is 0.835. The van der Waals surface area contributed by atoms with Crippen LogP contribution in [-0.2, 0) is 6.18 Å². The summed E-state index contributed by atoms with van der Waals surface area (Å²) >= 11 is 0. The molecule has 1 heterocycles. The van der Waals surface area contributed by atoms with Crippen LogP contribution in [0.25, 0.3) is 0 Å². The van der Waals surface area contributed by atoms with Crippen molar-refractivity contribution in [3.63, 3.8) is 0 Å². The second kappa shape index (κ2) is 7.67. The molecular formula is C20H29F3N2. The summed E-state index contributed by atoms with van der Waals surface area (Å²) < 4.78 is 39.1. The average Bonchev–Trinajstić information content (AvgIpc) is 3.08. The van der Waals surface area contributed by atoms with E-state index in [1.165, 1.54) is 25.0 Å². The van der Waals surface area contributed by atoms with E-state index in [4.69, 9.17) is 0 Å². The van der Waals surface area contributed by atoms with Gasteiger partial charge in [-0.2, -0.15) is 13.2 Å². The largest absolute Gasteiger partial charge is 0.416 e. The standard InChI is InChI=1S/C20H29F3N2/c1-14(2)24-18-9-8-16(13-19(18)25-10-3-4-11-25)15-6-5-7-17(12-15)20(21,22)23/h5-7,12,14,16,18-19,24H,3-4,8-11,13H2,1-2H3/t16-,18-,19-/m0/s1. The number of hydrogen-bond donors (Lipinski definition) is 1. The highest BCUT2D eigenvalue weighted by atomic mass is 19.4. The molecule has 2 aliphatic rings. The zero-order valence-electron chi connectivity index (χ0n) is 15.1. The molecule has 3 atom stereocenters. The first-order valence-electron chi connectivity index (χ1n) is 9.52. The molecule has 1 aromatic carbocycles. The maximum absolute atomic E-state index is 13.0. The number of rotatable bonds is 4. The van der Waals surface area contributed by atoms with E-state index >= 15 is 0 Å². The Morgan fingerprint density at radius 2 is 1.84 bits per heavy atom. The monoisotopic (exact) mass is 354 g/mol. The van der Waals surface area contributed by atoms with Crippen LogP contribution in [0, 0.1) is 0 Å². The Bertz CT molecular complexity index is 564. The molecule has 1 aromatic rings. The molecule has 25 heavy (non-hydrogen) atoms. The molecule has 0 aromatic heterocycles. The SMILES string of the molecule is CC(C)N[C@H]1CC[C@H](c2cccc(C(F)(F)F)c2)C[C@@H]1N1CCCC1. The lowest BCUT2D eigenvalue weighted by molar-refractivity contribution is -0.137. The number of nitrogens with one attached hydrogen (secondary N) is 1. The van der Waals surface area contributed by atoms with E-state index in [0.717, 1.165) is 37.9 Å². The number of benzene rings is 1. The highest BCUT2D eigenvalue weighted by Gasteiger charge is 2.37. The third kappa shape index (κ3) is 4.56. The molecule has 0 amide bonds. The van der Waals surface area contributed by atoms with Crippen LogP contribution in [0.3, 0.4) is 0 Å². The van der Waals surface area contributed by atoms with Gasteiger partial charge in [-0.1, -0.05) is 32.0 Å². The van der Waals surface area contributed by atoms with Crippen molar-refractivity contribution in [1.82, 2.24) is 10.2 Å². The molecule has 3 rings (SSSR count). The second-order valence-corrected chi connectivity index (χ2v) is 7.87. The molecule has 0 spiro atoms. The Labute approximate surface area is 148 Å². The van der Waals surface area contributed by atoms with Crippen LogP contribution in [0.5, 0.6) is 0 Å². The molecule has 0 unspecified atom stereocenters. The molecule has 0 bridgehead atoms. The predicted octanol–water partition coefficient (Wildman–Crippen LogP) is 4.80. The number of likely N-dealkylation sites (tertiary alicyclic amines) is 1. The van der Waals surface area contributed by atoms with E-state index in [2.05, 4.69) is 24.1 Å². The van der Waals surface area contributed by atoms with Gasteiger partial charge in [0.1, 0.15) is 0 Å². The van der Waals surface area contributed by atoms with Crippen LogP contribution in [0.2, 0.25) is 0 Å². The van der Waals surface area contributed by atoms with Gasteiger partial charge in [-0.25, -0.2) is 0 Å². The van der Waals surface area contributed by atoms with Crippen molar-refractivity contribution in [2.24, 2.45) is 0 Å². The first kappa shape index (κ1) is 18.7. The van der Waals surface area contributed by atoms with Crippen LogP contribution in [0.15, 0.2) is 24.3 Å². The predicted molar refractivity (Wildman–Crippen MR) is 94.7 cm³/mol. The van der Waals surface area contributed by atoms with Crippen LogP contribution in [0.4, 0.5) is 13.2 Å². The number of nitrogens with zero attached hydrogens (tertiary/aromatic N) is 1. The van der Waals surface area contributed by atoms with Crippen molar-refractivity contribution in [3.8, 4) is 0 Å². The maximum atomic E-state index is 13.0. The van der Waals surface area contributed by atoms with E-state index in [0.29, 0.717) is 18.1 Å². The van der Waals surface area contributed by atoms with Gasteiger partial charge in [0.2, 0.25) is 0 Å². The fourth-order valence-corrected chi connectivity index (χ4v) is 4.52. The fraction of sp³-hybridized carbons (Fsp3) is 0.700. The van der Waals surface area contributed by atoms with Crippen molar-refractivity contribution in [2.75, 3.05) is 13.1 Å². The average molecular weight is 354 g/mol. The lowest BCUT2D eigenvalue weighted by Crippen LogP contribution is -2.53. The second-order valence-electron chi connectivity index (χ2n) is 7.87. The zero-order valence-corrected chi connectivity index (χ0v) is 15.1. The van der Waals surface area contributed by atoms with Gasteiger partial charge >= 0.3 is 6.18 Å². The number of halogens is 3. The first-order chi connectivity index (χ1) is 11.8. The van der Waals surface area contributed by atoms with Crippen molar-refractivity contribution < 1.29 is 13.2 Å². The first-order valence-corrected chi connectivity index (χ1v) is 9.52. The summed E-state index contributed by atoms with van der Waals surface area (Å²) in [6, 6.07) is 7.27. The molecule has 2 nitrogen and oxygen atoms in total. The maximum Gasteiger partial charge on any atom is 0.416 e. The highest BCUT2D eigenvalue weighted by Crippen LogP contribution is 2.38. The highest BCUT2D eigenvalue weighted by molar-refractivity contribution is 5.29. The van der Waals surface area contributed by atoms with Crippen LogP contribution >= 0.6 is 0 Å². The molecule has 1 aliphatic heterocycles. The lowest BCUT2D eigenvalue weighted by atomic mass is 9.77. The molecule has 140 valence electrons. The minimum absolute atomic E-state index is 0.220. The Morgan fingerprint density at radius 3 is 2.48 bits per heavy atom. The minimum Gasteiger partial charge on any atom is -0.310 e. The molecule has 1 saturated heterocycles. The van der Waals surface area contributed by atoms with Crippen molar-refractivity contribution in [3.05, 3.63) is 35.4 Å². The number of alkyl halides is 3. The summed E-state index contributed by atoms with van der Waals surface area (Å²) in [6.07, 6.45) is 1.14. The van der Waals surface area contributed by atoms with Crippen LogP contribution < -0.4 is 5.32 Å². The molecule has 1 N–H and O–H groups in total. The van der Waals surface area contributed by atoms with Crippen molar-refractivity contribution >= 4 is 0 Å². The Kier molecular flexibility index (Phi) is 5.74. The Balaban J connectivity index is 1.78. The van der Waals surface area contributed by atoms with Crippen LogP contribution in [-0.4, -0.2) is 36.1 Å². The smallest absolute Gasteiger partial charge is 0.310 e. The van der Waals surface area contributed by atoms with Gasteiger partial charge in [0.05, 0.1) is 5.56 Å². The van der Waals surface area contributed by atoms with E-state index in [1.54, 1.807) is 6.07 Å². The summed E-state index contributed by atoms with van der Waals surface area (Å²) in [4.78, 5) is 2.56. The summed E-state index contributed by atoms with van der Waals surface area (Å²) in [5.74, 6) is 0.220. The van der Waals surface area contributed by atoms with Gasteiger partial charge in [-0.15, -0.1) is 0 Å². The van der Waals surface area contributed by atoms with E-state index in [1.807, 2.05) is 6.07 Å². The van der Waals surface area contributed by atoms with Gasteiger partial charge in [0.25, 0.3) is 0 Å².